The smallest absolute Gasteiger partial charge is 0.163 e. The van der Waals surface area contributed by atoms with Crippen molar-refractivity contribution < 1.29 is 0 Å². The molecule has 3 aromatic heterocycles. The monoisotopic (exact) mass is 313 g/mol. The number of nitrogens with two attached hydrogens (primary N) is 1. The molecule has 3 aromatic rings. The van der Waals surface area contributed by atoms with Gasteiger partial charge in [-0.25, -0.2) is 9.97 Å². The molecule has 7 nitrogen and oxygen atoms in total. The van der Waals surface area contributed by atoms with Gasteiger partial charge in [0.15, 0.2) is 5.82 Å². The summed E-state index contributed by atoms with van der Waals surface area (Å²) in [7, 11) is 2.01. The molecule has 0 unspecified atom stereocenters. The van der Waals surface area contributed by atoms with Crippen molar-refractivity contribution in [3.8, 4) is 6.07 Å². The van der Waals surface area contributed by atoms with E-state index in [0.29, 0.717) is 5.56 Å². The molecule has 112 valence electrons. The van der Waals surface area contributed by atoms with E-state index >= 15 is 0 Å². The zero-order valence-corrected chi connectivity index (χ0v) is 12.9. The molecule has 0 aliphatic rings. The molecular formula is C14H15N7S. The van der Waals surface area contributed by atoms with Gasteiger partial charge in [0.05, 0.1) is 11.1 Å². The highest BCUT2D eigenvalue weighted by molar-refractivity contribution is 7.16. The summed E-state index contributed by atoms with van der Waals surface area (Å²) in [6, 6.07) is 4.12. The van der Waals surface area contributed by atoms with Gasteiger partial charge in [0, 0.05) is 13.6 Å². The largest absolute Gasteiger partial charge is 0.381 e. The van der Waals surface area contributed by atoms with Crippen LogP contribution in [-0.2, 0) is 6.42 Å². The van der Waals surface area contributed by atoms with E-state index in [2.05, 4.69) is 31.1 Å². The number of nitrogens with one attached hydrogen (secondary N) is 1. The third kappa shape index (κ3) is 2.58. The Morgan fingerprint density at radius 2 is 2.32 bits per heavy atom. The lowest BCUT2D eigenvalue weighted by molar-refractivity contribution is 0.761. The maximum Gasteiger partial charge on any atom is 0.163 e. The maximum atomic E-state index is 9.05. The third-order valence-electron chi connectivity index (χ3n) is 3.50. The van der Waals surface area contributed by atoms with Crippen LogP contribution in [0.2, 0.25) is 0 Å². The van der Waals surface area contributed by atoms with Gasteiger partial charge in [0.2, 0.25) is 0 Å². The highest BCUT2D eigenvalue weighted by Crippen LogP contribution is 2.26. The number of aromatic nitrogens is 4. The number of thiophene rings is 1. The molecule has 0 fully saturated rings. The van der Waals surface area contributed by atoms with E-state index in [1.165, 1.54) is 0 Å². The van der Waals surface area contributed by atoms with Crippen molar-refractivity contribution in [2.24, 2.45) is 0 Å². The molecule has 3 rings (SSSR count). The number of H-pyrrole nitrogens is 1. The lowest BCUT2D eigenvalue weighted by atomic mass is 10.1. The number of aromatic amines is 1. The summed E-state index contributed by atoms with van der Waals surface area (Å²) in [6.45, 7) is 0.811. The molecule has 3 heterocycles. The molecule has 0 aliphatic heterocycles. The first-order valence-electron chi connectivity index (χ1n) is 6.83. The van der Waals surface area contributed by atoms with Crippen molar-refractivity contribution in [1.82, 2.24) is 20.2 Å². The van der Waals surface area contributed by atoms with Gasteiger partial charge >= 0.3 is 0 Å². The third-order valence-corrected chi connectivity index (χ3v) is 4.32. The Balaban J connectivity index is 1.67. The first-order chi connectivity index (χ1) is 10.7. The van der Waals surface area contributed by atoms with Gasteiger partial charge < -0.3 is 10.6 Å². The van der Waals surface area contributed by atoms with Crippen molar-refractivity contribution in [3.05, 3.63) is 29.0 Å². The average molecular weight is 313 g/mol. The molecule has 0 atom stereocenters. The van der Waals surface area contributed by atoms with Gasteiger partial charge in [-0.15, -0.1) is 11.3 Å². The van der Waals surface area contributed by atoms with E-state index in [0.717, 1.165) is 41.1 Å². The Bertz CT molecular complexity index is 829. The summed E-state index contributed by atoms with van der Waals surface area (Å²) >= 11 is 1.61. The van der Waals surface area contributed by atoms with Crippen LogP contribution in [0, 0.1) is 11.3 Å². The van der Waals surface area contributed by atoms with Crippen molar-refractivity contribution >= 4 is 33.2 Å². The molecule has 0 amide bonds. The van der Waals surface area contributed by atoms with E-state index in [1.54, 1.807) is 17.7 Å². The molecule has 0 saturated carbocycles. The number of nitriles is 1. The Morgan fingerprint density at radius 1 is 1.45 bits per heavy atom. The molecule has 0 saturated heterocycles. The second kappa shape index (κ2) is 5.99. The summed E-state index contributed by atoms with van der Waals surface area (Å²) in [5.74, 6) is 1.19. The van der Waals surface area contributed by atoms with E-state index in [1.807, 2.05) is 18.5 Å². The lowest BCUT2D eigenvalue weighted by Gasteiger charge is -2.18. The standard InChI is InChI=1S/C14H15N7S/c1-21(13-9-4-6-22-14(9)18-8-17-13)5-2-3-11-10(7-15)12(16)20-19-11/h4,6,8H,2-3,5H2,1H3,(H3,16,19,20). The number of hydrogen-bond donors (Lipinski definition) is 2. The summed E-state index contributed by atoms with van der Waals surface area (Å²) in [5, 5.41) is 18.8. The van der Waals surface area contributed by atoms with E-state index in [9.17, 15) is 0 Å². The topological polar surface area (TPSA) is 108 Å². The molecule has 22 heavy (non-hydrogen) atoms. The van der Waals surface area contributed by atoms with Crippen LogP contribution in [0.4, 0.5) is 11.6 Å². The highest BCUT2D eigenvalue weighted by Gasteiger charge is 2.12. The second-order valence-corrected chi connectivity index (χ2v) is 5.83. The summed E-state index contributed by atoms with van der Waals surface area (Å²) in [4.78, 5) is 11.7. The van der Waals surface area contributed by atoms with Crippen LogP contribution in [0.1, 0.15) is 17.7 Å². The Kier molecular flexibility index (Phi) is 3.89. The molecule has 0 radical (unpaired) electrons. The van der Waals surface area contributed by atoms with Gasteiger partial charge in [0.25, 0.3) is 0 Å². The van der Waals surface area contributed by atoms with Gasteiger partial charge in [0.1, 0.15) is 28.6 Å². The summed E-state index contributed by atoms with van der Waals surface area (Å²) < 4.78 is 0. The molecule has 0 spiro atoms. The van der Waals surface area contributed by atoms with Crippen molar-refractivity contribution in [1.29, 1.82) is 5.26 Å². The van der Waals surface area contributed by atoms with Crippen LogP contribution in [0.5, 0.6) is 0 Å². The quantitative estimate of drug-likeness (QED) is 0.745. The minimum atomic E-state index is 0.265. The fourth-order valence-electron chi connectivity index (χ4n) is 2.38. The number of aryl methyl sites for hydroxylation is 1. The highest BCUT2D eigenvalue weighted by atomic mass is 32.1. The van der Waals surface area contributed by atoms with Crippen molar-refractivity contribution in [3.63, 3.8) is 0 Å². The van der Waals surface area contributed by atoms with E-state index in [-0.39, 0.29) is 5.82 Å². The van der Waals surface area contributed by atoms with Crippen LogP contribution < -0.4 is 10.6 Å². The molecule has 0 aromatic carbocycles. The number of nitrogen functional groups attached to an aromatic ring is 1. The summed E-state index contributed by atoms with van der Waals surface area (Å²) in [5.41, 5.74) is 6.87. The van der Waals surface area contributed by atoms with Crippen LogP contribution >= 0.6 is 11.3 Å². The fourth-order valence-corrected chi connectivity index (χ4v) is 3.11. The molecular weight excluding hydrogens is 298 g/mol. The molecule has 3 N–H and O–H groups in total. The number of nitrogens with zero attached hydrogens (tertiary/aromatic N) is 5. The van der Waals surface area contributed by atoms with Gasteiger partial charge in [-0.3, -0.25) is 5.10 Å². The first kappa shape index (κ1) is 14.3. The Labute approximate surface area is 131 Å². The van der Waals surface area contributed by atoms with Crippen LogP contribution in [0.25, 0.3) is 10.2 Å². The van der Waals surface area contributed by atoms with Gasteiger partial charge in [-0.05, 0) is 24.3 Å². The van der Waals surface area contributed by atoms with Gasteiger partial charge in [-0.2, -0.15) is 10.4 Å². The molecule has 0 bridgehead atoms. The van der Waals surface area contributed by atoms with Crippen LogP contribution in [-0.4, -0.2) is 33.8 Å². The predicted molar refractivity (Wildman–Crippen MR) is 86.7 cm³/mol. The number of fused-ring (bicyclic) bond motifs is 1. The van der Waals surface area contributed by atoms with Crippen LogP contribution in [0.3, 0.4) is 0 Å². The van der Waals surface area contributed by atoms with Crippen LogP contribution in [0.15, 0.2) is 17.8 Å². The molecule has 8 heteroatoms. The normalized spacial score (nSPS) is 10.7. The number of hydrogen-bond acceptors (Lipinski definition) is 7. The number of anilines is 2. The number of rotatable bonds is 5. The zero-order valence-electron chi connectivity index (χ0n) is 12.1. The average Bonchev–Trinajstić information content (AvgIpc) is 3.13. The predicted octanol–water partition coefficient (Wildman–Crippen LogP) is 1.94. The fraction of sp³-hybridized carbons (Fsp3) is 0.286. The second-order valence-electron chi connectivity index (χ2n) is 4.94. The van der Waals surface area contributed by atoms with E-state index in [4.69, 9.17) is 11.0 Å². The lowest BCUT2D eigenvalue weighted by Crippen LogP contribution is -2.20. The Morgan fingerprint density at radius 3 is 3.14 bits per heavy atom. The van der Waals surface area contributed by atoms with Crippen molar-refractivity contribution in [2.75, 3.05) is 24.2 Å². The minimum Gasteiger partial charge on any atom is -0.381 e. The van der Waals surface area contributed by atoms with E-state index < -0.39 is 0 Å². The maximum absolute atomic E-state index is 9.05. The van der Waals surface area contributed by atoms with Crippen molar-refractivity contribution in [2.45, 2.75) is 12.8 Å². The first-order valence-corrected chi connectivity index (χ1v) is 7.71. The summed E-state index contributed by atoms with van der Waals surface area (Å²) in [6.07, 6.45) is 3.17. The SMILES string of the molecule is CN(CCCc1[nH]nc(N)c1C#N)c1ncnc2sccc12. The Hall–Kier alpha value is -2.66. The minimum absolute atomic E-state index is 0.265. The zero-order chi connectivity index (χ0) is 15.5. The molecule has 0 aliphatic carbocycles. The van der Waals surface area contributed by atoms with Gasteiger partial charge in [-0.1, -0.05) is 0 Å².